The van der Waals surface area contributed by atoms with Gasteiger partial charge in [-0.25, -0.2) is 4.98 Å². The number of aromatic nitrogens is 2. The largest absolute Gasteiger partial charge is 0.306 e. The highest BCUT2D eigenvalue weighted by atomic mass is 15.0. The molecule has 2 heterocycles. The molecule has 0 aliphatic rings. The second-order valence-electron chi connectivity index (χ2n) is 4.46. The molecule has 17 heavy (non-hydrogen) atoms. The summed E-state index contributed by atoms with van der Waals surface area (Å²) in [6.45, 7) is 4.24. The second kappa shape index (κ2) is 3.74. The minimum absolute atomic E-state index is 1.05. The van der Waals surface area contributed by atoms with Crippen molar-refractivity contribution < 1.29 is 0 Å². The Balaban J connectivity index is 2.27. The molecule has 0 saturated heterocycles. The monoisotopic (exact) mass is 222 g/mol. The van der Waals surface area contributed by atoms with Crippen LogP contribution in [0.1, 0.15) is 11.1 Å². The maximum absolute atomic E-state index is 4.51. The molecule has 0 saturated carbocycles. The molecule has 0 N–H and O–H groups in total. The summed E-state index contributed by atoms with van der Waals surface area (Å²) in [7, 11) is 0. The third kappa shape index (κ3) is 1.72. The molecule has 0 aliphatic heterocycles. The minimum Gasteiger partial charge on any atom is -0.306 e. The van der Waals surface area contributed by atoms with Gasteiger partial charge in [0, 0.05) is 11.8 Å². The van der Waals surface area contributed by atoms with Crippen LogP contribution in [0.5, 0.6) is 0 Å². The molecule has 0 unspecified atom stereocenters. The standard InChI is InChI=1S/C15H14N2/c1-11-7-12(2)9-13(8-11)15-14-5-3-4-6-17(14)10-16-15/h3-10H,1-2H3. The molecule has 0 atom stereocenters. The van der Waals surface area contributed by atoms with E-state index in [-0.39, 0.29) is 0 Å². The maximum atomic E-state index is 4.51. The normalized spacial score (nSPS) is 10.9. The smallest absolute Gasteiger partial charge is 0.0999 e. The Morgan fingerprint density at radius 2 is 1.76 bits per heavy atom. The lowest BCUT2D eigenvalue weighted by Crippen LogP contribution is -1.84. The van der Waals surface area contributed by atoms with Gasteiger partial charge in [-0.15, -0.1) is 0 Å². The number of aryl methyl sites for hydroxylation is 2. The minimum atomic E-state index is 1.05. The van der Waals surface area contributed by atoms with Crippen LogP contribution in [0, 0.1) is 13.8 Å². The third-order valence-electron chi connectivity index (χ3n) is 2.94. The molecule has 3 aromatic rings. The average Bonchev–Trinajstić information content (AvgIpc) is 2.71. The van der Waals surface area contributed by atoms with Crippen LogP contribution in [0.3, 0.4) is 0 Å². The summed E-state index contributed by atoms with van der Waals surface area (Å²) in [5.41, 5.74) is 5.94. The molecule has 0 radical (unpaired) electrons. The zero-order valence-corrected chi connectivity index (χ0v) is 10.0. The lowest BCUT2D eigenvalue weighted by atomic mass is 10.0. The fourth-order valence-corrected chi connectivity index (χ4v) is 2.28. The summed E-state index contributed by atoms with van der Waals surface area (Å²) in [6, 6.07) is 12.7. The lowest BCUT2D eigenvalue weighted by Gasteiger charge is -2.03. The van der Waals surface area contributed by atoms with Crippen molar-refractivity contribution in [1.82, 2.24) is 9.38 Å². The molecule has 84 valence electrons. The van der Waals surface area contributed by atoms with Crippen LogP contribution in [0.4, 0.5) is 0 Å². The Kier molecular flexibility index (Phi) is 2.22. The van der Waals surface area contributed by atoms with E-state index < -0.39 is 0 Å². The van der Waals surface area contributed by atoms with Crippen LogP contribution in [0.25, 0.3) is 16.8 Å². The van der Waals surface area contributed by atoms with Gasteiger partial charge >= 0.3 is 0 Å². The van der Waals surface area contributed by atoms with Gasteiger partial charge in [-0.2, -0.15) is 0 Å². The van der Waals surface area contributed by atoms with E-state index in [1.807, 2.05) is 29.1 Å². The first-order valence-corrected chi connectivity index (χ1v) is 5.74. The van der Waals surface area contributed by atoms with Crippen LogP contribution in [0.2, 0.25) is 0 Å². The average molecular weight is 222 g/mol. The predicted molar refractivity (Wildman–Crippen MR) is 70.1 cm³/mol. The zero-order valence-electron chi connectivity index (χ0n) is 10.0. The van der Waals surface area contributed by atoms with Gasteiger partial charge in [0.1, 0.15) is 0 Å². The van der Waals surface area contributed by atoms with Crippen LogP contribution in [-0.2, 0) is 0 Å². The number of rotatable bonds is 1. The molecule has 0 spiro atoms. The number of imidazole rings is 1. The highest BCUT2D eigenvalue weighted by Crippen LogP contribution is 2.24. The first-order chi connectivity index (χ1) is 8.24. The molecule has 1 aromatic carbocycles. The molecule has 2 heteroatoms. The molecular weight excluding hydrogens is 208 g/mol. The first kappa shape index (κ1) is 10.1. The van der Waals surface area contributed by atoms with Gasteiger partial charge in [0.2, 0.25) is 0 Å². The molecule has 0 bridgehead atoms. The van der Waals surface area contributed by atoms with Crippen molar-refractivity contribution in [2.24, 2.45) is 0 Å². The van der Waals surface area contributed by atoms with Gasteiger partial charge in [0.05, 0.1) is 17.5 Å². The second-order valence-corrected chi connectivity index (χ2v) is 4.46. The lowest BCUT2D eigenvalue weighted by molar-refractivity contribution is 1.15. The van der Waals surface area contributed by atoms with Gasteiger partial charge in [-0.3, -0.25) is 0 Å². The van der Waals surface area contributed by atoms with Crippen molar-refractivity contribution >= 4 is 5.52 Å². The fourth-order valence-electron chi connectivity index (χ4n) is 2.28. The van der Waals surface area contributed by atoms with E-state index in [1.54, 1.807) is 0 Å². The summed E-state index contributed by atoms with van der Waals surface area (Å²) < 4.78 is 2.05. The highest BCUT2D eigenvalue weighted by molar-refractivity contribution is 5.77. The van der Waals surface area contributed by atoms with Crippen molar-refractivity contribution in [2.45, 2.75) is 13.8 Å². The SMILES string of the molecule is Cc1cc(C)cc(-c2ncn3ccccc23)c1. The van der Waals surface area contributed by atoms with Gasteiger partial charge < -0.3 is 4.40 Å². The summed E-state index contributed by atoms with van der Waals surface area (Å²) in [6.07, 6.45) is 3.89. The number of fused-ring (bicyclic) bond motifs is 1. The van der Waals surface area contributed by atoms with E-state index in [0.717, 1.165) is 11.2 Å². The fraction of sp³-hybridized carbons (Fsp3) is 0.133. The van der Waals surface area contributed by atoms with Crippen molar-refractivity contribution in [3.8, 4) is 11.3 Å². The van der Waals surface area contributed by atoms with Crippen molar-refractivity contribution in [3.63, 3.8) is 0 Å². The maximum Gasteiger partial charge on any atom is 0.0999 e. The van der Waals surface area contributed by atoms with Crippen molar-refractivity contribution in [1.29, 1.82) is 0 Å². The Hall–Kier alpha value is -2.09. The van der Waals surface area contributed by atoms with E-state index in [1.165, 1.54) is 16.7 Å². The van der Waals surface area contributed by atoms with Crippen LogP contribution >= 0.6 is 0 Å². The van der Waals surface area contributed by atoms with Gasteiger partial charge in [-0.1, -0.05) is 23.3 Å². The van der Waals surface area contributed by atoms with Crippen molar-refractivity contribution in [2.75, 3.05) is 0 Å². The molecule has 2 aromatic heterocycles. The van der Waals surface area contributed by atoms with Crippen LogP contribution in [0.15, 0.2) is 48.9 Å². The number of hydrogen-bond acceptors (Lipinski definition) is 1. The topological polar surface area (TPSA) is 17.3 Å². The molecule has 0 fully saturated rings. The van der Waals surface area contributed by atoms with E-state index >= 15 is 0 Å². The van der Waals surface area contributed by atoms with E-state index in [4.69, 9.17) is 0 Å². The number of nitrogens with zero attached hydrogens (tertiary/aromatic N) is 2. The van der Waals surface area contributed by atoms with E-state index in [0.29, 0.717) is 0 Å². The molecule has 2 nitrogen and oxygen atoms in total. The Labute approximate surface area is 101 Å². The quantitative estimate of drug-likeness (QED) is 0.614. The highest BCUT2D eigenvalue weighted by Gasteiger charge is 2.06. The summed E-state index contributed by atoms with van der Waals surface area (Å²) in [4.78, 5) is 4.51. The number of hydrogen-bond donors (Lipinski definition) is 0. The Bertz CT molecular complexity index is 660. The Morgan fingerprint density at radius 1 is 1.00 bits per heavy atom. The first-order valence-electron chi connectivity index (χ1n) is 5.74. The molecular formula is C15H14N2. The number of benzene rings is 1. The van der Waals surface area contributed by atoms with Gasteiger partial charge in [0.25, 0.3) is 0 Å². The van der Waals surface area contributed by atoms with Crippen LogP contribution in [-0.4, -0.2) is 9.38 Å². The van der Waals surface area contributed by atoms with E-state index in [9.17, 15) is 0 Å². The summed E-state index contributed by atoms with van der Waals surface area (Å²) in [5.74, 6) is 0. The van der Waals surface area contributed by atoms with E-state index in [2.05, 4.69) is 43.1 Å². The summed E-state index contributed by atoms with van der Waals surface area (Å²) >= 11 is 0. The predicted octanol–water partition coefficient (Wildman–Crippen LogP) is 3.62. The molecule has 0 aliphatic carbocycles. The van der Waals surface area contributed by atoms with Gasteiger partial charge in [-0.05, 0) is 38.1 Å². The number of pyridine rings is 1. The Morgan fingerprint density at radius 3 is 2.53 bits per heavy atom. The summed E-state index contributed by atoms with van der Waals surface area (Å²) in [5, 5.41) is 0. The molecule has 3 rings (SSSR count). The van der Waals surface area contributed by atoms with Crippen LogP contribution < -0.4 is 0 Å². The third-order valence-corrected chi connectivity index (χ3v) is 2.94. The molecule has 0 amide bonds. The van der Waals surface area contributed by atoms with Gasteiger partial charge in [0.15, 0.2) is 0 Å². The van der Waals surface area contributed by atoms with Crippen molar-refractivity contribution in [3.05, 3.63) is 60.0 Å². The zero-order chi connectivity index (χ0) is 11.8.